The number of rotatable bonds is 2. The first-order valence-electron chi connectivity index (χ1n) is 3.88. The molecule has 3 heteroatoms. The minimum Gasteiger partial charge on any atom is -0.550 e. The van der Waals surface area contributed by atoms with Crippen molar-refractivity contribution in [3.63, 3.8) is 0 Å². The predicted octanol–water partition coefficient (Wildman–Crippen LogP) is -2.15. The van der Waals surface area contributed by atoms with Gasteiger partial charge in [0, 0.05) is 11.9 Å². The molecule has 0 radical (unpaired) electrons. The maximum atomic E-state index is 10.5. The van der Waals surface area contributed by atoms with Crippen molar-refractivity contribution in [1.29, 1.82) is 0 Å². The quantitative estimate of drug-likeness (QED) is 0.513. The number of hydrogen-bond donors (Lipinski definition) is 0. The second kappa shape index (κ2) is 5.93. The van der Waals surface area contributed by atoms with E-state index in [1.165, 1.54) is 0 Å². The topological polar surface area (TPSA) is 40.1 Å². The summed E-state index contributed by atoms with van der Waals surface area (Å²) in [6.45, 7) is 3.57. The Morgan fingerprint density at radius 3 is 2.54 bits per heavy atom. The van der Waals surface area contributed by atoms with E-state index in [9.17, 15) is 9.90 Å². The van der Waals surface area contributed by atoms with Gasteiger partial charge in [-0.15, -0.1) is 0 Å². The molecule has 0 aliphatic rings. The summed E-state index contributed by atoms with van der Waals surface area (Å²) < 4.78 is 0. The molecular weight excluding hydrogens is 191 g/mol. The fourth-order valence-corrected chi connectivity index (χ4v) is 1.08. The standard InChI is InChI=1S/C10H12O2.K/c1-7-4-3-5-9(6-7)8(2)10(11)12;/h3-6,8H,1-2H3,(H,11,12);/q;+1/p-1. The van der Waals surface area contributed by atoms with E-state index in [0.717, 1.165) is 11.1 Å². The van der Waals surface area contributed by atoms with Gasteiger partial charge in [-0.2, -0.15) is 0 Å². The Labute approximate surface area is 121 Å². The molecule has 0 bridgehead atoms. The maximum Gasteiger partial charge on any atom is 1.00 e. The summed E-state index contributed by atoms with van der Waals surface area (Å²) in [5.41, 5.74) is 1.87. The van der Waals surface area contributed by atoms with E-state index in [1.54, 1.807) is 13.0 Å². The van der Waals surface area contributed by atoms with Crippen molar-refractivity contribution in [1.82, 2.24) is 0 Å². The van der Waals surface area contributed by atoms with Crippen LogP contribution in [-0.4, -0.2) is 5.97 Å². The van der Waals surface area contributed by atoms with E-state index in [-0.39, 0.29) is 51.4 Å². The smallest absolute Gasteiger partial charge is 0.550 e. The summed E-state index contributed by atoms with van der Waals surface area (Å²) in [5, 5.41) is 10.5. The van der Waals surface area contributed by atoms with Gasteiger partial charge in [-0.25, -0.2) is 0 Å². The summed E-state index contributed by atoms with van der Waals surface area (Å²) in [6.07, 6.45) is 0. The first-order chi connectivity index (χ1) is 5.61. The molecule has 1 unspecified atom stereocenters. The van der Waals surface area contributed by atoms with Crippen molar-refractivity contribution in [2.75, 3.05) is 0 Å². The van der Waals surface area contributed by atoms with Crippen molar-refractivity contribution in [2.24, 2.45) is 0 Å². The van der Waals surface area contributed by atoms with Crippen molar-refractivity contribution in [3.8, 4) is 0 Å². The van der Waals surface area contributed by atoms with Crippen LogP contribution in [0.3, 0.4) is 0 Å². The van der Waals surface area contributed by atoms with Gasteiger partial charge < -0.3 is 9.90 Å². The Morgan fingerprint density at radius 2 is 2.08 bits per heavy atom. The first-order valence-corrected chi connectivity index (χ1v) is 3.88. The molecule has 0 heterocycles. The fraction of sp³-hybridized carbons (Fsp3) is 0.300. The number of benzene rings is 1. The molecule has 0 aliphatic heterocycles. The Hall–Kier alpha value is 0.326. The molecule has 2 nitrogen and oxygen atoms in total. The van der Waals surface area contributed by atoms with E-state index in [2.05, 4.69) is 0 Å². The molecule has 13 heavy (non-hydrogen) atoms. The normalized spacial score (nSPS) is 11.5. The van der Waals surface area contributed by atoms with Gasteiger partial charge >= 0.3 is 51.4 Å². The molecule has 0 fully saturated rings. The second-order valence-electron chi connectivity index (χ2n) is 2.95. The molecule has 1 aromatic carbocycles. The third kappa shape index (κ3) is 3.91. The van der Waals surface area contributed by atoms with Crippen molar-refractivity contribution >= 4 is 5.97 Å². The van der Waals surface area contributed by atoms with Crippen LogP contribution in [0.25, 0.3) is 0 Å². The Kier molecular flexibility index (Phi) is 6.08. The molecule has 1 aromatic rings. The van der Waals surface area contributed by atoms with Crippen molar-refractivity contribution in [2.45, 2.75) is 19.8 Å². The van der Waals surface area contributed by atoms with Gasteiger partial charge in [-0.05, 0) is 12.5 Å². The average molecular weight is 202 g/mol. The van der Waals surface area contributed by atoms with Gasteiger partial charge in [0.05, 0.1) is 0 Å². The second-order valence-corrected chi connectivity index (χ2v) is 2.95. The molecule has 0 N–H and O–H groups in total. The fourth-order valence-electron chi connectivity index (χ4n) is 1.08. The van der Waals surface area contributed by atoms with Gasteiger partial charge in [0.2, 0.25) is 0 Å². The van der Waals surface area contributed by atoms with Crippen LogP contribution in [0.4, 0.5) is 0 Å². The van der Waals surface area contributed by atoms with Crippen LogP contribution in [0.2, 0.25) is 0 Å². The van der Waals surface area contributed by atoms with Gasteiger partial charge in [0.1, 0.15) is 0 Å². The molecular formula is C10H11KO2. The summed E-state index contributed by atoms with van der Waals surface area (Å²) >= 11 is 0. The van der Waals surface area contributed by atoms with Crippen LogP contribution in [0, 0.1) is 6.92 Å². The number of carboxylic acids is 1. The number of hydrogen-bond acceptors (Lipinski definition) is 2. The summed E-state index contributed by atoms with van der Waals surface area (Å²) in [4.78, 5) is 10.5. The van der Waals surface area contributed by atoms with E-state index in [1.807, 2.05) is 25.1 Å². The minimum atomic E-state index is -1.03. The van der Waals surface area contributed by atoms with E-state index in [4.69, 9.17) is 0 Å². The number of carboxylic acid groups (broad SMARTS) is 1. The zero-order valence-corrected chi connectivity index (χ0v) is 11.3. The Balaban J connectivity index is 0.00000144. The van der Waals surface area contributed by atoms with Gasteiger partial charge in [-0.1, -0.05) is 36.8 Å². The van der Waals surface area contributed by atoms with Crippen LogP contribution < -0.4 is 56.5 Å². The summed E-state index contributed by atoms with van der Waals surface area (Å²) in [5.74, 6) is -1.55. The van der Waals surface area contributed by atoms with Gasteiger partial charge in [0.25, 0.3) is 0 Å². The Bertz CT molecular complexity index is 297. The molecule has 64 valence electrons. The van der Waals surface area contributed by atoms with E-state index < -0.39 is 11.9 Å². The van der Waals surface area contributed by atoms with Crippen LogP contribution in [-0.2, 0) is 4.79 Å². The third-order valence-corrected chi connectivity index (χ3v) is 1.90. The number of aliphatic carboxylic acids is 1. The van der Waals surface area contributed by atoms with Gasteiger partial charge in [-0.3, -0.25) is 0 Å². The van der Waals surface area contributed by atoms with Crippen LogP contribution in [0.5, 0.6) is 0 Å². The van der Waals surface area contributed by atoms with Crippen molar-refractivity contribution < 1.29 is 61.3 Å². The zero-order chi connectivity index (χ0) is 9.14. The summed E-state index contributed by atoms with van der Waals surface area (Å²) in [7, 11) is 0. The van der Waals surface area contributed by atoms with Gasteiger partial charge in [0.15, 0.2) is 0 Å². The molecule has 1 atom stereocenters. The number of carbonyl (C=O) groups excluding carboxylic acids is 1. The predicted molar refractivity (Wildman–Crippen MR) is 44.6 cm³/mol. The Morgan fingerprint density at radius 1 is 1.46 bits per heavy atom. The van der Waals surface area contributed by atoms with Crippen LogP contribution >= 0.6 is 0 Å². The molecule has 1 rings (SSSR count). The average Bonchev–Trinajstić information content (AvgIpc) is 2.03. The first kappa shape index (κ1) is 13.3. The molecule has 0 amide bonds. The van der Waals surface area contributed by atoms with E-state index >= 15 is 0 Å². The van der Waals surface area contributed by atoms with Crippen LogP contribution in [0.15, 0.2) is 24.3 Å². The molecule has 0 aliphatic carbocycles. The van der Waals surface area contributed by atoms with Crippen molar-refractivity contribution in [3.05, 3.63) is 35.4 Å². The van der Waals surface area contributed by atoms with Crippen LogP contribution in [0.1, 0.15) is 24.0 Å². The van der Waals surface area contributed by atoms with E-state index in [0.29, 0.717) is 0 Å². The molecule has 0 saturated carbocycles. The number of carbonyl (C=O) groups is 1. The maximum absolute atomic E-state index is 10.5. The molecule has 0 spiro atoms. The zero-order valence-electron chi connectivity index (χ0n) is 8.20. The monoisotopic (exact) mass is 202 g/mol. The number of aryl methyl sites for hydroxylation is 1. The third-order valence-electron chi connectivity index (χ3n) is 1.90. The molecule has 0 aromatic heterocycles. The molecule has 0 saturated heterocycles. The largest absolute Gasteiger partial charge is 1.00 e. The summed E-state index contributed by atoms with van der Waals surface area (Å²) in [6, 6.07) is 7.45. The minimum absolute atomic E-state index is 0. The SMILES string of the molecule is Cc1cccc(C(C)C(=O)[O-])c1.[K+].